The first-order valence-electron chi connectivity index (χ1n) is 8.16. The fraction of sp³-hybridized carbons (Fsp3) is 0.316. The van der Waals surface area contributed by atoms with Crippen LogP contribution in [0.3, 0.4) is 0 Å². The molecule has 1 atom stereocenters. The minimum absolute atomic E-state index is 0.118. The fourth-order valence-corrected chi connectivity index (χ4v) is 3.54. The predicted octanol–water partition coefficient (Wildman–Crippen LogP) is 5.15. The Morgan fingerprint density at radius 3 is 2.80 bits per heavy atom. The number of carbonyl (C=O) groups is 1. The maximum Gasteiger partial charge on any atom is 0.307 e. The Morgan fingerprint density at radius 2 is 2.12 bits per heavy atom. The van der Waals surface area contributed by atoms with E-state index in [-0.39, 0.29) is 12.5 Å². The SMILES string of the molecule is Cc1c(C2CCCN2)ccc(CC(=O)O)c1Oc1cccc(Cl)c1Cl. The Kier molecular flexibility index (Phi) is 5.52. The van der Waals surface area contributed by atoms with Crippen LogP contribution in [0.2, 0.25) is 10.0 Å². The van der Waals surface area contributed by atoms with Crippen molar-refractivity contribution in [2.45, 2.75) is 32.2 Å². The van der Waals surface area contributed by atoms with Gasteiger partial charge in [-0.05, 0) is 49.6 Å². The molecule has 2 aromatic rings. The highest BCUT2D eigenvalue weighted by molar-refractivity contribution is 6.42. The summed E-state index contributed by atoms with van der Waals surface area (Å²) in [6.07, 6.45) is 2.06. The summed E-state index contributed by atoms with van der Waals surface area (Å²) in [5.74, 6) is 0.0476. The van der Waals surface area contributed by atoms with E-state index >= 15 is 0 Å². The molecule has 25 heavy (non-hydrogen) atoms. The van der Waals surface area contributed by atoms with Crippen LogP contribution < -0.4 is 10.1 Å². The lowest BCUT2D eigenvalue weighted by Crippen LogP contribution is -2.15. The van der Waals surface area contributed by atoms with E-state index in [1.807, 2.05) is 19.1 Å². The first-order valence-corrected chi connectivity index (χ1v) is 8.92. The molecular weight excluding hydrogens is 361 g/mol. The third-order valence-electron chi connectivity index (χ3n) is 4.43. The zero-order valence-corrected chi connectivity index (χ0v) is 15.3. The highest BCUT2D eigenvalue weighted by Crippen LogP contribution is 2.40. The molecule has 6 heteroatoms. The average molecular weight is 380 g/mol. The summed E-state index contributed by atoms with van der Waals surface area (Å²) in [7, 11) is 0. The molecule has 0 amide bonds. The van der Waals surface area contributed by atoms with Crippen LogP contribution >= 0.6 is 23.2 Å². The summed E-state index contributed by atoms with van der Waals surface area (Å²) in [5.41, 5.74) is 2.66. The lowest BCUT2D eigenvalue weighted by atomic mass is 9.95. The molecule has 4 nitrogen and oxygen atoms in total. The maximum absolute atomic E-state index is 11.2. The van der Waals surface area contributed by atoms with E-state index in [9.17, 15) is 9.90 Å². The summed E-state index contributed by atoms with van der Waals surface area (Å²) in [5, 5.41) is 13.4. The van der Waals surface area contributed by atoms with Crippen molar-refractivity contribution >= 4 is 29.2 Å². The molecular formula is C19H19Cl2NO3. The molecule has 0 radical (unpaired) electrons. The van der Waals surface area contributed by atoms with Crippen molar-refractivity contribution in [1.82, 2.24) is 5.32 Å². The van der Waals surface area contributed by atoms with Crippen molar-refractivity contribution in [1.29, 1.82) is 0 Å². The van der Waals surface area contributed by atoms with E-state index in [0.717, 1.165) is 30.5 Å². The summed E-state index contributed by atoms with van der Waals surface area (Å²) < 4.78 is 6.05. The number of benzene rings is 2. The Bertz CT molecular complexity index is 801. The number of aliphatic carboxylic acids is 1. The van der Waals surface area contributed by atoms with Gasteiger partial charge >= 0.3 is 5.97 Å². The summed E-state index contributed by atoms with van der Waals surface area (Å²) in [4.78, 5) is 11.2. The molecule has 1 heterocycles. The topological polar surface area (TPSA) is 58.6 Å². The average Bonchev–Trinajstić information content (AvgIpc) is 3.08. The third-order valence-corrected chi connectivity index (χ3v) is 5.24. The van der Waals surface area contributed by atoms with Gasteiger partial charge in [0.05, 0.1) is 11.4 Å². The van der Waals surface area contributed by atoms with Gasteiger partial charge in [-0.3, -0.25) is 4.79 Å². The maximum atomic E-state index is 11.2. The number of carboxylic acids is 1. The molecule has 0 spiro atoms. The molecule has 1 saturated heterocycles. The number of nitrogens with one attached hydrogen (secondary N) is 1. The summed E-state index contributed by atoms with van der Waals surface area (Å²) >= 11 is 12.3. The Morgan fingerprint density at radius 1 is 1.32 bits per heavy atom. The van der Waals surface area contributed by atoms with Crippen molar-refractivity contribution in [2.75, 3.05) is 6.54 Å². The number of carboxylic acid groups (broad SMARTS) is 1. The quantitative estimate of drug-likeness (QED) is 0.754. The van der Waals surface area contributed by atoms with Crippen molar-refractivity contribution in [3.05, 3.63) is 57.1 Å². The van der Waals surface area contributed by atoms with Gasteiger partial charge in [-0.15, -0.1) is 0 Å². The van der Waals surface area contributed by atoms with Gasteiger partial charge in [-0.25, -0.2) is 0 Å². The van der Waals surface area contributed by atoms with Gasteiger partial charge in [0, 0.05) is 11.6 Å². The van der Waals surface area contributed by atoms with Gasteiger partial charge < -0.3 is 15.2 Å². The second-order valence-corrected chi connectivity index (χ2v) is 6.93. The van der Waals surface area contributed by atoms with E-state index in [0.29, 0.717) is 27.1 Å². The first-order chi connectivity index (χ1) is 12.0. The van der Waals surface area contributed by atoms with Crippen molar-refractivity contribution < 1.29 is 14.6 Å². The van der Waals surface area contributed by atoms with Crippen LogP contribution in [0.25, 0.3) is 0 Å². The predicted molar refractivity (Wildman–Crippen MR) is 99.0 cm³/mol. The lowest BCUT2D eigenvalue weighted by molar-refractivity contribution is -0.136. The molecule has 2 aromatic carbocycles. The van der Waals surface area contributed by atoms with Crippen molar-refractivity contribution in [2.24, 2.45) is 0 Å². The molecule has 1 unspecified atom stereocenters. The summed E-state index contributed by atoms with van der Waals surface area (Å²) in [6, 6.07) is 9.22. The Hall–Kier alpha value is -1.75. The molecule has 0 aliphatic carbocycles. The molecule has 1 aliphatic rings. The fourth-order valence-electron chi connectivity index (χ4n) is 3.21. The zero-order chi connectivity index (χ0) is 18.0. The minimum Gasteiger partial charge on any atom is -0.481 e. The van der Waals surface area contributed by atoms with Crippen LogP contribution in [0.5, 0.6) is 11.5 Å². The van der Waals surface area contributed by atoms with Crippen LogP contribution in [-0.4, -0.2) is 17.6 Å². The molecule has 1 fully saturated rings. The van der Waals surface area contributed by atoms with Crippen LogP contribution in [0.15, 0.2) is 30.3 Å². The van der Waals surface area contributed by atoms with Crippen molar-refractivity contribution in [3.63, 3.8) is 0 Å². The number of rotatable bonds is 5. The van der Waals surface area contributed by atoms with Gasteiger partial charge in [0.1, 0.15) is 16.5 Å². The zero-order valence-electron chi connectivity index (χ0n) is 13.8. The second kappa shape index (κ2) is 7.65. The van der Waals surface area contributed by atoms with Gasteiger partial charge in [0.25, 0.3) is 0 Å². The second-order valence-electron chi connectivity index (χ2n) is 6.14. The molecule has 2 N–H and O–H groups in total. The standard InChI is InChI=1S/C19H19Cl2NO3/c1-11-13(15-5-3-9-22-15)8-7-12(10-17(23)24)19(11)25-16-6-2-4-14(20)18(16)21/h2,4,6-8,15,22H,3,5,9-10H2,1H3,(H,23,24). The van der Waals surface area contributed by atoms with Gasteiger partial charge in [-0.1, -0.05) is 41.4 Å². The number of hydrogen-bond acceptors (Lipinski definition) is 3. The largest absolute Gasteiger partial charge is 0.481 e. The van der Waals surface area contributed by atoms with Crippen LogP contribution in [0.4, 0.5) is 0 Å². The van der Waals surface area contributed by atoms with Gasteiger partial charge in [-0.2, -0.15) is 0 Å². The monoisotopic (exact) mass is 379 g/mol. The molecule has 3 rings (SSSR count). The smallest absolute Gasteiger partial charge is 0.307 e. The lowest BCUT2D eigenvalue weighted by Gasteiger charge is -2.20. The van der Waals surface area contributed by atoms with E-state index < -0.39 is 5.97 Å². The Balaban J connectivity index is 2.05. The summed E-state index contributed by atoms with van der Waals surface area (Å²) in [6.45, 7) is 2.94. The van der Waals surface area contributed by atoms with Crippen LogP contribution in [-0.2, 0) is 11.2 Å². The highest BCUT2D eigenvalue weighted by atomic mass is 35.5. The van der Waals surface area contributed by atoms with Crippen LogP contribution in [0.1, 0.15) is 35.6 Å². The van der Waals surface area contributed by atoms with Crippen molar-refractivity contribution in [3.8, 4) is 11.5 Å². The molecule has 1 aliphatic heterocycles. The molecule has 0 aromatic heterocycles. The van der Waals surface area contributed by atoms with Gasteiger partial charge in [0.2, 0.25) is 0 Å². The van der Waals surface area contributed by atoms with E-state index in [1.165, 1.54) is 0 Å². The van der Waals surface area contributed by atoms with E-state index in [1.54, 1.807) is 18.2 Å². The molecule has 0 saturated carbocycles. The number of ether oxygens (including phenoxy) is 1. The van der Waals surface area contributed by atoms with Crippen LogP contribution in [0, 0.1) is 6.92 Å². The Labute approximate surface area is 156 Å². The number of halogens is 2. The first kappa shape index (κ1) is 18.1. The molecule has 132 valence electrons. The number of hydrogen-bond donors (Lipinski definition) is 2. The normalized spacial score (nSPS) is 16.8. The highest BCUT2D eigenvalue weighted by Gasteiger charge is 2.23. The van der Waals surface area contributed by atoms with E-state index in [2.05, 4.69) is 5.32 Å². The van der Waals surface area contributed by atoms with E-state index in [4.69, 9.17) is 27.9 Å². The minimum atomic E-state index is -0.909. The third kappa shape index (κ3) is 3.92. The molecule has 0 bridgehead atoms. The van der Waals surface area contributed by atoms with Gasteiger partial charge in [0.15, 0.2) is 0 Å².